The molecule has 0 bridgehead atoms. The lowest BCUT2D eigenvalue weighted by molar-refractivity contribution is 0.0159. The van der Waals surface area contributed by atoms with E-state index in [2.05, 4.69) is 12.1 Å². The number of carbonyl (C=O) groups excluding carboxylic acids is 1. The van der Waals surface area contributed by atoms with Crippen LogP contribution < -0.4 is 0 Å². The highest BCUT2D eigenvalue weighted by molar-refractivity contribution is 7.91. The van der Waals surface area contributed by atoms with E-state index < -0.39 is 21.7 Å². The Morgan fingerprint density at radius 1 is 1.14 bits per heavy atom. The Balaban J connectivity index is 1.85. The summed E-state index contributed by atoms with van der Waals surface area (Å²) in [5.41, 5.74) is 2.69. The highest BCUT2D eigenvalue weighted by Crippen LogP contribution is 2.46. The van der Waals surface area contributed by atoms with Crippen molar-refractivity contribution in [3.63, 3.8) is 0 Å². The third kappa shape index (κ3) is 4.38. The quantitative estimate of drug-likeness (QED) is 0.647. The van der Waals surface area contributed by atoms with Crippen molar-refractivity contribution >= 4 is 23.2 Å². The van der Waals surface area contributed by atoms with Gasteiger partial charge in [-0.1, -0.05) is 28.7 Å². The zero-order valence-electron chi connectivity index (χ0n) is 17.9. The Hall–Kier alpha value is -1.53. The molecule has 1 heterocycles. The molecule has 6 heteroatoms. The molecule has 3 rings (SSSR count). The van der Waals surface area contributed by atoms with Crippen molar-refractivity contribution in [3.05, 3.63) is 35.4 Å². The van der Waals surface area contributed by atoms with E-state index in [0.29, 0.717) is 13.1 Å². The Bertz CT molecular complexity index is 769. The number of likely N-dealkylation sites (tertiary alicyclic amines) is 1. The van der Waals surface area contributed by atoms with Crippen LogP contribution in [0.1, 0.15) is 65.5 Å². The molecule has 1 atom stereocenters. The van der Waals surface area contributed by atoms with Gasteiger partial charge in [0.2, 0.25) is 0 Å². The van der Waals surface area contributed by atoms with Crippen LogP contribution in [0.25, 0.3) is 0 Å². The number of hydrogen-bond donors (Lipinski definition) is 0. The molecule has 1 aromatic rings. The van der Waals surface area contributed by atoms with Gasteiger partial charge in [0.1, 0.15) is 27.4 Å². The largest absolute Gasteiger partial charge is 0.591 e. The Labute approximate surface area is 171 Å². The summed E-state index contributed by atoms with van der Waals surface area (Å²) in [5, 5.41) is 0. The number of rotatable bonds is 1. The lowest BCUT2D eigenvalue weighted by atomic mass is 9.74. The van der Waals surface area contributed by atoms with Crippen molar-refractivity contribution in [2.24, 2.45) is 9.81 Å². The van der Waals surface area contributed by atoms with Crippen molar-refractivity contribution in [1.82, 2.24) is 4.90 Å². The zero-order valence-corrected chi connectivity index (χ0v) is 18.7. The smallest absolute Gasteiger partial charge is 0.410 e. The van der Waals surface area contributed by atoms with Crippen LogP contribution in [0.15, 0.2) is 28.7 Å². The first-order valence-electron chi connectivity index (χ1n) is 9.99. The van der Waals surface area contributed by atoms with E-state index in [0.717, 1.165) is 30.5 Å². The average Bonchev–Trinajstić information content (AvgIpc) is 2.86. The molecule has 1 fully saturated rings. The van der Waals surface area contributed by atoms with Gasteiger partial charge in [0.25, 0.3) is 0 Å². The van der Waals surface area contributed by atoms with Crippen LogP contribution in [0.4, 0.5) is 4.79 Å². The molecular formula is C22H32N2O3S. The second-order valence-corrected chi connectivity index (χ2v) is 11.8. The molecule has 2 aliphatic rings. The third-order valence-electron chi connectivity index (χ3n) is 5.37. The van der Waals surface area contributed by atoms with Gasteiger partial charge in [0.15, 0.2) is 0 Å². The first kappa shape index (κ1) is 21.2. The molecule has 0 N–H and O–H groups in total. The fourth-order valence-corrected chi connectivity index (χ4v) is 4.59. The van der Waals surface area contributed by atoms with Crippen molar-refractivity contribution in [2.75, 3.05) is 13.1 Å². The van der Waals surface area contributed by atoms with Crippen LogP contribution in [0.5, 0.6) is 0 Å². The normalized spacial score (nSPS) is 21.7. The zero-order chi connectivity index (χ0) is 20.7. The molecular weight excluding hydrogens is 372 g/mol. The Morgan fingerprint density at radius 2 is 1.75 bits per heavy atom. The van der Waals surface area contributed by atoms with E-state index in [1.807, 2.05) is 53.7 Å². The minimum Gasteiger partial charge on any atom is -0.591 e. The predicted molar refractivity (Wildman–Crippen MR) is 114 cm³/mol. The lowest BCUT2D eigenvalue weighted by Gasteiger charge is -2.39. The molecule has 1 amide bonds. The van der Waals surface area contributed by atoms with Gasteiger partial charge in [0.05, 0.1) is 0 Å². The van der Waals surface area contributed by atoms with E-state index in [9.17, 15) is 9.35 Å². The van der Waals surface area contributed by atoms with Gasteiger partial charge >= 0.3 is 6.09 Å². The summed E-state index contributed by atoms with van der Waals surface area (Å²) in [7, 11) is 0. The minimum atomic E-state index is -1.31. The fraction of sp³-hybridized carbons (Fsp3) is 0.636. The van der Waals surface area contributed by atoms with Crippen LogP contribution >= 0.6 is 0 Å². The predicted octanol–water partition coefficient (Wildman–Crippen LogP) is 4.51. The summed E-state index contributed by atoms with van der Waals surface area (Å²) >= 11 is -1.31. The van der Waals surface area contributed by atoms with Gasteiger partial charge in [-0.05, 0) is 66.4 Å². The van der Waals surface area contributed by atoms with E-state index >= 15 is 0 Å². The maximum Gasteiger partial charge on any atom is 0.410 e. The number of fused-ring (bicyclic) bond motifs is 1. The number of carbonyl (C=O) groups is 1. The number of piperidine rings is 1. The summed E-state index contributed by atoms with van der Waals surface area (Å²) in [4.78, 5) is 14.2. The molecule has 0 aromatic heterocycles. The van der Waals surface area contributed by atoms with Crippen LogP contribution in [0.2, 0.25) is 0 Å². The first-order chi connectivity index (χ1) is 12.9. The van der Waals surface area contributed by atoms with Crippen LogP contribution in [-0.4, -0.2) is 44.7 Å². The molecule has 154 valence electrons. The first-order valence-corrected chi connectivity index (χ1v) is 11.1. The van der Waals surface area contributed by atoms with Gasteiger partial charge in [-0.25, -0.2) is 4.79 Å². The second-order valence-electron chi connectivity index (χ2n) is 9.88. The summed E-state index contributed by atoms with van der Waals surface area (Å²) in [6.07, 6.45) is 2.25. The molecule has 1 aromatic carbocycles. The number of amides is 1. The van der Waals surface area contributed by atoms with Gasteiger partial charge in [-0.15, -0.1) is 0 Å². The van der Waals surface area contributed by atoms with Crippen molar-refractivity contribution in [1.29, 1.82) is 0 Å². The number of nitrogens with zero attached hydrogens (tertiary/aromatic N) is 2. The average molecular weight is 405 g/mol. The lowest BCUT2D eigenvalue weighted by Crippen LogP contribution is -2.47. The highest BCUT2D eigenvalue weighted by atomic mass is 32.2. The molecule has 1 spiro atoms. The Kier molecular flexibility index (Phi) is 5.58. The number of ether oxygens (including phenoxy) is 1. The monoisotopic (exact) mass is 404 g/mol. The van der Waals surface area contributed by atoms with E-state index in [1.54, 1.807) is 4.90 Å². The van der Waals surface area contributed by atoms with Gasteiger partial charge < -0.3 is 14.2 Å². The van der Waals surface area contributed by atoms with E-state index in [1.165, 1.54) is 5.56 Å². The standard InChI is InChI=1S/C22H32N2O3S/c1-20(2,3)27-19(25)24-13-11-22(12-14-24)15-16-9-7-8-10-17(16)18(22)23-28(26)21(4,5)6/h7-10H,11-15H2,1-6H3/b23-18+. The molecule has 28 heavy (non-hydrogen) atoms. The van der Waals surface area contributed by atoms with Crippen molar-refractivity contribution in [3.8, 4) is 0 Å². The topological polar surface area (TPSA) is 65.0 Å². The Morgan fingerprint density at radius 3 is 2.32 bits per heavy atom. The minimum absolute atomic E-state index is 0.150. The molecule has 1 aliphatic heterocycles. The van der Waals surface area contributed by atoms with Gasteiger partial charge in [-0.2, -0.15) is 0 Å². The van der Waals surface area contributed by atoms with E-state index in [4.69, 9.17) is 9.13 Å². The maximum absolute atomic E-state index is 12.8. The van der Waals surface area contributed by atoms with Gasteiger partial charge in [0, 0.05) is 24.1 Å². The van der Waals surface area contributed by atoms with Crippen molar-refractivity contribution in [2.45, 2.75) is 71.2 Å². The van der Waals surface area contributed by atoms with Crippen LogP contribution in [-0.2, 0) is 22.5 Å². The van der Waals surface area contributed by atoms with Crippen LogP contribution in [0.3, 0.4) is 0 Å². The second kappa shape index (κ2) is 7.38. The molecule has 1 saturated heterocycles. The maximum atomic E-state index is 12.8. The van der Waals surface area contributed by atoms with Crippen molar-refractivity contribution < 1.29 is 14.1 Å². The molecule has 0 radical (unpaired) electrons. The SMILES string of the molecule is CC(C)(C)OC(=O)N1CCC2(CC1)Cc1ccccc1/C2=N\[S+]([O-])C(C)(C)C. The van der Waals surface area contributed by atoms with Gasteiger partial charge in [-0.3, -0.25) is 0 Å². The fourth-order valence-electron chi connectivity index (χ4n) is 3.86. The number of benzene rings is 1. The van der Waals surface area contributed by atoms with E-state index in [-0.39, 0.29) is 11.5 Å². The highest BCUT2D eigenvalue weighted by Gasteiger charge is 2.48. The number of hydrogen-bond acceptors (Lipinski definition) is 4. The third-order valence-corrected chi connectivity index (χ3v) is 6.77. The summed E-state index contributed by atoms with van der Waals surface area (Å²) in [6.45, 7) is 12.8. The summed E-state index contributed by atoms with van der Waals surface area (Å²) in [6, 6.07) is 8.29. The summed E-state index contributed by atoms with van der Waals surface area (Å²) < 4.78 is 22.7. The molecule has 1 unspecified atom stereocenters. The molecule has 1 aliphatic carbocycles. The molecule has 5 nitrogen and oxygen atoms in total. The van der Waals surface area contributed by atoms with Crippen LogP contribution in [0, 0.1) is 5.41 Å². The summed E-state index contributed by atoms with van der Waals surface area (Å²) in [5.74, 6) is 0. The molecule has 0 saturated carbocycles.